The molecule has 0 aromatic heterocycles. The molecular formula is C25H30O2. The fraction of sp³-hybridized carbons (Fsp3) is 0.600. The van der Waals surface area contributed by atoms with E-state index in [2.05, 4.69) is 33.8 Å². The van der Waals surface area contributed by atoms with Crippen LogP contribution in [0, 0.1) is 34.0 Å². The zero-order valence-electron chi connectivity index (χ0n) is 17.0. The molecule has 4 aliphatic rings. The maximum absolute atomic E-state index is 13.9. The van der Waals surface area contributed by atoms with Gasteiger partial charge in [0.25, 0.3) is 0 Å². The van der Waals surface area contributed by atoms with E-state index in [4.69, 9.17) is 0 Å². The Hall–Kier alpha value is -1.70. The highest BCUT2D eigenvalue weighted by molar-refractivity contribution is 6.16. The van der Waals surface area contributed by atoms with Crippen molar-refractivity contribution in [3.8, 4) is 0 Å². The molecule has 0 radical (unpaired) electrons. The van der Waals surface area contributed by atoms with Crippen molar-refractivity contribution in [1.29, 1.82) is 0 Å². The van der Waals surface area contributed by atoms with Gasteiger partial charge in [-0.15, -0.1) is 0 Å². The van der Waals surface area contributed by atoms with E-state index in [1.165, 1.54) is 18.4 Å². The van der Waals surface area contributed by atoms with E-state index in [0.717, 1.165) is 12.8 Å². The molecule has 1 aromatic carbocycles. The third-order valence-corrected chi connectivity index (χ3v) is 9.41. The topological polar surface area (TPSA) is 34.1 Å². The number of Topliss-reactive ketones (excluding diaryl/α,β-unsaturated/α-hetero) is 2. The van der Waals surface area contributed by atoms with Gasteiger partial charge >= 0.3 is 0 Å². The molecule has 2 heteroatoms. The first-order chi connectivity index (χ1) is 12.7. The average Bonchev–Trinajstić information content (AvgIpc) is 2.92. The Bertz CT molecular complexity index is 895. The van der Waals surface area contributed by atoms with E-state index in [1.54, 1.807) is 0 Å². The lowest BCUT2D eigenvalue weighted by molar-refractivity contribution is -0.0342. The molecule has 0 heterocycles. The average molecular weight is 363 g/mol. The molecule has 5 unspecified atom stereocenters. The van der Waals surface area contributed by atoms with Crippen molar-refractivity contribution in [2.24, 2.45) is 34.0 Å². The molecule has 5 rings (SSSR count). The highest BCUT2D eigenvalue weighted by atomic mass is 16.1. The lowest BCUT2D eigenvalue weighted by Crippen LogP contribution is -2.50. The first kappa shape index (κ1) is 17.4. The number of rotatable bonds is 0. The number of carbonyl (C=O) groups is 2. The summed E-state index contributed by atoms with van der Waals surface area (Å²) in [5, 5.41) is 0. The highest BCUT2D eigenvalue weighted by Crippen LogP contribution is 2.74. The Morgan fingerprint density at radius 3 is 2.52 bits per heavy atom. The molecule has 4 aliphatic carbocycles. The van der Waals surface area contributed by atoms with Gasteiger partial charge in [0.15, 0.2) is 11.6 Å². The smallest absolute Gasteiger partial charge is 0.170 e. The van der Waals surface area contributed by atoms with Crippen LogP contribution in [0.15, 0.2) is 35.9 Å². The van der Waals surface area contributed by atoms with Gasteiger partial charge in [0, 0.05) is 23.0 Å². The highest BCUT2D eigenvalue weighted by Gasteiger charge is 2.70. The van der Waals surface area contributed by atoms with Gasteiger partial charge in [-0.1, -0.05) is 56.7 Å². The van der Waals surface area contributed by atoms with Crippen molar-refractivity contribution in [3.63, 3.8) is 0 Å². The lowest BCUT2D eigenvalue weighted by Gasteiger charge is -2.56. The minimum atomic E-state index is -0.498. The zero-order valence-corrected chi connectivity index (χ0v) is 17.0. The molecule has 6 atom stereocenters. The largest absolute Gasteiger partial charge is 0.294 e. The maximum atomic E-state index is 13.9. The monoisotopic (exact) mass is 362 g/mol. The number of carbonyl (C=O) groups excluding carboxylic acids is 2. The van der Waals surface area contributed by atoms with Crippen LogP contribution < -0.4 is 0 Å². The van der Waals surface area contributed by atoms with E-state index < -0.39 is 5.41 Å². The quantitative estimate of drug-likeness (QED) is 0.541. The summed E-state index contributed by atoms with van der Waals surface area (Å²) in [4.78, 5) is 27.0. The van der Waals surface area contributed by atoms with Crippen LogP contribution in [-0.2, 0) is 0 Å². The Labute approximate surface area is 162 Å². The summed E-state index contributed by atoms with van der Waals surface area (Å²) in [6.07, 6.45) is 7.07. The standard InChI is InChI=1S/C25H30O2/c1-15-9-10-19-21-23(15,3)12-11-16(2)24(21,4)14-25(19)13-20(26)17-7-5-6-8-18(17)22(25)27/h5-9,16,19,21H,10-14H2,1-4H3/t16?,19?,21?,23?,24?,25-/m0/s1. The van der Waals surface area contributed by atoms with Gasteiger partial charge in [-0.3, -0.25) is 9.59 Å². The van der Waals surface area contributed by atoms with Crippen LogP contribution in [0.2, 0.25) is 0 Å². The lowest BCUT2D eigenvalue weighted by atomic mass is 9.48. The Balaban J connectivity index is 1.72. The van der Waals surface area contributed by atoms with Crippen molar-refractivity contribution >= 4 is 11.6 Å². The number of ketones is 2. The third-order valence-electron chi connectivity index (χ3n) is 9.41. The molecule has 142 valence electrons. The van der Waals surface area contributed by atoms with Crippen molar-refractivity contribution in [2.45, 2.75) is 59.8 Å². The summed E-state index contributed by atoms with van der Waals surface area (Å²) in [7, 11) is 0. The Morgan fingerprint density at radius 1 is 1.07 bits per heavy atom. The van der Waals surface area contributed by atoms with Crippen molar-refractivity contribution < 1.29 is 9.59 Å². The van der Waals surface area contributed by atoms with E-state index in [1.807, 2.05) is 24.3 Å². The molecule has 0 bridgehead atoms. The summed E-state index contributed by atoms with van der Waals surface area (Å²) in [6.45, 7) is 9.54. The minimum absolute atomic E-state index is 0.134. The molecule has 27 heavy (non-hydrogen) atoms. The van der Waals surface area contributed by atoms with E-state index in [-0.39, 0.29) is 22.4 Å². The molecule has 2 saturated carbocycles. The number of hydrogen-bond acceptors (Lipinski definition) is 2. The summed E-state index contributed by atoms with van der Waals surface area (Å²) in [5.74, 6) is 1.82. The summed E-state index contributed by atoms with van der Waals surface area (Å²) >= 11 is 0. The first-order valence-electron chi connectivity index (χ1n) is 10.6. The fourth-order valence-corrected chi connectivity index (χ4v) is 7.79. The molecular weight excluding hydrogens is 332 g/mol. The molecule has 1 spiro atoms. The molecule has 0 saturated heterocycles. The predicted octanol–water partition coefficient (Wildman–Crippen LogP) is 5.87. The van der Waals surface area contributed by atoms with Gasteiger partial charge in [0.2, 0.25) is 0 Å². The first-order valence-corrected chi connectivity index (χ1v) is 10.6. The molecule has 1 aromatic rings. The van der Waals surface area contributed by atoms with E-state index >= 15 is 0 Å². The number of benzene rings is 1. The normalized spacial score (nSPS) is 45.5. The second-order valence-electron chi connectivity index (χ2n) is 10.4. The second-order valence-corrected chi connectivity index (χ2v) is 10.4. The van der Waals surface area contributed by atoms with Crippen LogP contribution in [0.3, 0.4) is 0 Å². The van der Waals surface area contributed by atoms with Crippen LogP contribution in [-0.4, -0.2) is 11.6 Å². The van der Waals surface area contributed by atoms with Gasteiger partial charge in [-0.25, -0.2) is 0 Å². The Morgan fingerprint density at radius 2 is 1.78 bits per heavy atom. The molecule has 2 fully saturated rings. The van der Waals surface area contributed by atoms with E-state index in [9.17, 15) is 9.59 Å². The van der Waals surface area contributed by atoms with Crippen molar-refractivity contribution in [2.75, 3.05) is 0 Å². The third kappa shape index (κ3) is 1.92. The number of fused-ring (bicyclic) bond motifs is 2. The van der Waals surface area contributed by atoms with Crippen LogP contribution in [0.25, 0.3) is 0 Å². The van der Waals surface area contributed by atoms with Crippen molar-refractivity contribution in [3.05, 3.63) is 47.0 Å². The molecule has 0 amide bonds. The van der Waals surface area contributed by atoms with Crippen LogP contribution in [0.4, 0.5) is 0 Å². The van der Waals surface area contributed by atoms with Gasteiger partial charge in [-0.05, 0) is 61.2 Å². The predicted molar refractivity (Wildman–Crippen MR) is 107 cm³/mol. The summed E-state index contributed by atoms with van der Waals surface area (Å²) in [5.41, 5.74) is 2.64. The Kier molecular flexibility index (Phi) is 3.36. The molecule has 0 N–H and O–H groups in total. The van der Waals surface area contributed by atoms with Crippen LogP contribution in [0.5, 0.6) is 0 Å². The van der Waals surface area contributed by atoms with Crippen LogP contribution in [0.1, 0.15) is 80.5 Å². The number of allylic oxidation sites excluding steroid dienone is 2. The van der Waals surface area contributed by atoms with Gasteiger partial charge in [0.05, 0.1) is 0 Å². The fourth-order valence-electron chi connectivity index (χ4n) is 7.79. The summed E-state index contributed by atoms with van der Waals surface area (Å²) < 4.78 is 0. The summed E-state index contributed by atoms with van der Waals surface area (Å²) in [6, 6.07) is 7.51. The minimum Gasteiger partial charge on any atom is -0.294 e. The molecule has 2 nitrogen and oxygen atoms in total. The number of hydrogen-bond donors (Lipinski definition) is 0. The van der Waals surface area contributed by atoms with E-state index in [0.29, 0.717) is 35.3 Å². The van der Waals surface area contributed by atoms with Crippen LogP contribution >= 0.6 is 0 Å². The van der Waals surface area contributed by atoms with Crippen molar-refractivity contribution in [1.82, 2.24) is 0 Å². The zero-order chi connectivity index (χ0) is 19.2. The van der Waals surface area contributed by atoms with Gasteiger partial charge < -0.3 is 0 Å². The maximum Gasteiger partial charge on any atom is 0.170 e. The second kappa shape index (κ2) is 5.21. The van der Waals surface area contributed by atoms with Gasteiger partial charge in [-0.2, -0.15) is 0 Å². The SMILES string of the molecule is CC1=CCC2C3C1(C)CCC(C)C3(C)C[C@@]21CC(=O)c2ccccc2C1=O. The molecule has 0 aliphatic heterocycles. The van der Waals surface area contributed by atoms with Gasteiger partial charge in [0.1, 0.15) is 0 Å².